The number of hydrogen-bond donors (Lipinski definition) is 1. The van der Waals surface area contributed by atoms with Crippen LogP contribution in [0.25, 0.3) is 0 Å². The standard InChI is InChI=1S/C13H16N4O3S/c1-8-15-16-13(21)17(8)14-7-9-5-10(18-2)12(20-4)11(6-9)19-3/h5-7H,1-4H3,(H,16,21). The van der Waals surface area contributed by atoms with Crippen molar-refractivity contribution in [1.82, 2.24) is 14.9 Å². The average molecular weight is 308 g/mol. The van der Waals surface area contributed by atoms with Gasteiger partial charge in [0.2, 0.25) is 10.5 Å². The predicted octanol–water partition coefficient (Wildman–Crippen LogP) is 2.16. The summed E-state index contributed by atoms with van der Waals surface area (Å²) in [5.74, 6) is 2.33. The summed E-state index contributed by atoms with van der Waals surface area (Å²) < 4.78 is 17.8. The van der Waals surface area contributed by atoms with E-state index < -0.39 is 0 Å². The highest BCUT2D eigenvalue weighted by atomic mass is 32.1. The largest absolute Gasteiger partial charge is 0.493 e. The van der Waals surface area contributed by atoms with E-state index in [-0.39, 0.29) is 0 Å². The Bertz CT molecular complexity index is 695. The number of methoxy groups -OCH3 is 3. The van der Waals surface area contributed by atoms with Gasteiger partial charge in [-0.3, -0.25) is 5.10 Å². The SMILES string of the molecule is COc1cc(C=Nn2c(C)n[nH]c2=S)cc(OC)c1OC. The second-order valence-corrected chi connectivity index (χ2v) is 4.48. The number of aryl methyl sites for hydroxylation is 1. The summed E-state index contributed by atoms with van der Waals surface area (Å²) in [5, 5.41) is 10.9. The molecule has 1 aromatic heterocycles. The Morgan fingerprint density at radius 3 is 2.24 bits per heavy atom. The number of rotatable bonds is 5. The lowest BCUT2D eigenvalue weighted by atomic mass is 10.2. The van der Waals surface area contributed by atoms with Crippen LogP contribution in [0.15, 0.2) is 17.2 Å². The van der Waals surface area contributed by atoms with Crippen molar-refractivity contribution in [3.8, 4) is 17.2 Å². The predicted molar refractivity (Wildman–Crippen MR) is 81.2 cm³/mol. The second kappa shape index (κ2) is 6.40. The number of aromatic amines is 1. The van der Waals surface area contributed by atoms with Crippen LogP contribution in [0.2, 0.25) is 0 Å². The molecule has 7 nitrogen and oxygen atoms in total. The van der Waals surface area contributed by atoms with Gasteiger partial charge in [-0.25, -0.2) is 0 Å². The molecule has 0 atom stereocenters. The van der Waals surface area contributed by atoms with Crippen molar-refractivity contribution in [1.29, 1.82) is 0 Å². The maximum absolute atomic E-state index is 5.29. The van der Waals surface area contributed by atoms with E-state index in [1.165, 1.54) is 4.68 Å². The summed E-state index contributed by atoms with van der Waals surface area (Å²) in [6, 6.07) is 3.59. The molecule has 2 aromatic rings. The number of aromatic nitrogens is 3. The third-order valence-corrected chi connectivity index (χ3v) is 3.09. The smallest absolute Gasteiger partial charge is 0.216 e. The quantitative estimate of drug-likeness (QED) is 0.677. The van der Waals surface area contributed by atoms with Gasteiger partial charge in [0.05, 0.1) is 27.5 Å². The molecule has 0 aliphatic carbocycles. The summed E-state index contributed by atoms with van der Waals surface area (Å²) in [4.78, 5) is 0. The number of benzene rings is 1. The molecule has 0 fully saturated rings. The van der Waals surface area contributed by atoms with Crippen molar-refractivity contribution in [3.63, 3.8) is 0 Å². The van der Waals surface area contributed by atoms with Crippen LogP contribution < -0.4 is 14.2 Å². The van der Waals surface area contributed by atoms with Crippen LogP contribution in [0.4, 0.5) is 0 Å². The van der Waals surface area contributed by atoms with E-state index in [1.54, 1.807) is 46.6 Å². The molecule has 0 radical (unpaired) electrons. The first-order chi connectivity index (χ1) is 10.1. The molecule has 0 saturated carbocycles. The second-order valence-electron chi connectivity index (χ2n) is 4.09. The fraction of sp³-hybridized carbons (Fsp3) is 0.308. The molecule has 2 rings (SSSR count). The monoisotopic (exact) mass is 308 g/mol. The summed E-state index contributed by atoms with van der Waals surface area (Å²) in [6.07, 6.45) is 1.64. The zero-order valence-electron chi connectivity index (χ0n) is 12.2. The lowest BCUT2D eigenvalue weighted by molar-refractivity contribution is 0.324. The van der Waals surface area contributed by atoms with E-state index in [0.29, 0.717) is 27.8 Å². The molecule has 0 amide bonds. The Hall–Kier alpha value is -2.35. The van der Waals surface area contributed by atoms with Crippen LogP contribution in [-0.4, -0.2) is 42.4 Å². The van der Waals surface area contributed by atoms with E-state index in [1.807, 2.05) is 0 Å². The lowest BCUT2D eigenvalue weighted by Crippen LogP contribution is -1.98. The fourth-order valence-corrected chi connectivity index (χ4v) is 2.03. The van der Waals surface area contributed by atoms with Crippen molar-refractivity contribution < 1.29 is 14.2 Å². The Morgan fingerprint density at radius 2 is 1.81 bits per heavy atom. The Balaban J connectivity index is 2.43. The van der Waals surface area contributed by atoms with E-state index in [9.17, 15) is 0 Å². The fourth-order valence-electron chi connectivity index (χ4n) is 1.81. The van der Waals surface area contributed by atoms with Crippen molar-refractivity contribution >= 4 is 18.4 Å². The van der Waals surface area contributed by atoms with Gasteiger partial charge in [-0.05, 0) is 31.3 Å². The van der Waals surface area contributed by atoms with Gasteiger partial charge in [0.25, 0.3) is 0 Å². The van der Waals surface area contributed by atoms with E-state index in [2.05, 4.69) is 15.3 Å². The average Bonchev–Trinajstić information content (AvgIpc) is 2.82. The summed E-state index contributed by atoms with van der Waals surface area (Å²) >= 11 is 5.09. The van der Waals surface area contributed by atoms with Gasteiger partial charge in [-0.15, -0.1) is 0 Å². The van der Waals surface area contributed by atoms with Crippen molar-refractivity contribution in [2.24, 2.45) is 5.10 Å². The summed E-state index contributed by atoms with van der Waals surface area (Å²) in [5.41, 5.74) is 0.784. The molecule has 112 valence electrons. The highest BCUT2D eigenvalue weighted by Crippen LogP contribution is 2.37. The molecular formula is C13H16N4O3S. The number of hydrogen-bond acceptors (Lipinski definition) is 6. The van der Waals surface area contributed by atoms with Crippen molar-refractivity contribution in [2.75, 3.05) is 21.3 Å². The number of nitrogens with one attached hydrogen (secondary N) is 1. The molecular weight excluding hydrogens is 292 g/mol. The number of ether oxygens (including phenoxy) is 3. The third kappa shape index (κ3) is 3.05. The van der Waals surface area contributed by atoms with Gasteiger partial charge in [-0.2, -0.15) is 14.9 Å². The minimum Gasteiger partial charge on any atom is -0.493 e. The zero-order chi connectivity index (χ0) is 15.4. The van der Waals surface area contributed by atoms with Crippen LogP contribution in [0.3, 0.4) is 0 Å². The molecule has 1 heterocycles. The maximum atomic E-state index is 5.29. The highest BCUT2D eigenvalue weighted by Gasteiger charge is 2.12. The van der Waals surface area contributed by atoms with Crippen molar-refractivity contribution in [2.45, 2.75) is 6.92 Å². The Labute approximate surface area is 127 Å². The van der Waals surface area contributed by atoms with Gasteiger partial charge in [0.1, 0.15) is 5.82 Å². The van der Waals surface area contributed by atoms with Gasteiger partial charge in [-0.1, -0.05) is 0 Å². The van der Waals surface area contributed by atoms with Crippen LogP contribution in [0, 0.1) is 11.7 Å². The molecule has 1 aromatic carbocycles. The molecule has 0 bridgehead atoms. The normalized spacial score (nSPS) is 10.9. The highest BCUT2D eigenvalue weighted by molar-refractivity contribution is 7.71. The molecule has 0 unspecified atom stereocenters. The molecule has 0 saturated heterocycles. The zero-order valence-corrected chi connectivity index (χ0v) is 13.0. The minimum atomic E-state index is 0.427. The van der Waals surface area contributed by atoms with Gasteiger partial charge >= 0.3 is 0 Å². The summed E-state index contributed by atoms with van der Waals surface area (Å²) in [7, 11) is 4.69. The lowest BCUT2D eigenvalue weighted by Gasteiger charge is -2.12. The van der Waals surface area contributed by atoms with Gasteiger partial charge in [0, 0.05) is 5.56 Å². The molecule has 21 heavy (non-hydrogen) atoms. The Morgan fingerprint density at radius 1 is 1.19 bits per heavy atom. The molecule has 1 N–H and O–H groups in total. The Kier molecular flexibility index (Phi) is 4.59. The van der Waals surface area contributed by atoms with E-state index >= 15 is 0 Å². The van der Waals surface area contributed by atoms with Crippen LogP contribution in [0.1, 0.15) is 11.4 Å². The molecule has 0 aliphatic heterocycles. The van der Waals surface area contributed by atoms with Crippen LogP contribution >= 0.6 is 12.2 Å². The minimum absolute atomic E-state index is 0.427. The number of H-pyrrole nitrogens is 1. The maximum Gasteiger partial charge on any atom is 0.216 e. The third-order valence-electron chi connectivity index (χ3n) is 2.82. The first-order valence-corrected chi connectivity index (χ1v) is 6.50. The molecule has 0 spiro atoms. The van der Waals surface area contributed by atoms with Crippen LogP contribution in [0.5, 0.6) is 17.2 Å². The number of nitrogens with zero attached hydrogens (tertiary/aromatic N) is 3. The van der Waals surface area contributed by atoms with Gasteiger partial charge < -0.3 is 14.2 Å². The topological polar surface area (TPSA) is 73.7 Å². The summed E-state index contributed by atoms with van der Waals surface area (Å²) in [6.45, 7) is 1.80. The first kappa shape index (κ1) is 15.0. The molecule has 8 heteroatoms. The van der Waals surface area contributed by atoms with Gasteiger partial charge in [0.15, 0.2) is 11.5 Å². The van der Waals surface area contributed by atoms with E-state index in [0.717, 1.165) is 5.56 Å². The van der Waals surface area contributed by atoms with Crippen LogP contribution in [-0.2, 0) is 0 Å². The first-order valence-electron chi connectivity index (χ1n) is 6.09. The van der Waals surface area contributed by atoms with Crippen molar-refractivity contribution in [3.05, 3.63) is 28.3 Å². The van der Waals surface area contributed by atoms with E-state index in [4.69, 9.17) is 26.4 Å². The molecule has 0 aliphatic rings.